The minimum absolute atomic E-state index is 0.191. The second-order valence-corrected chi connectivity index (χ2v) is 4.76. The molecule has 1 N–H and O–H groups in total. The fraction of sp³-hybridized carbons (Fsp3) is 0.312. The van der Waals surface area contributed by atoms with Crippen LogP contribution >= 0.6 is 0 Å². The van der Waals surface area contributed by atoms with Gasteiger partial charge in [-0.05, 0) is 18.6 Å². The van der Waals surface area contributed by atoms with Gasteiger partial charge < -0.3 is 14.8 Å². The van der Waals surface area contributed by atoms with Gasteiger partial charge in [0.05, 0.1) is 23.4 Å². The number of nitrogens with one attached hydrogen (secondary N) is 1. The van der Waals surface area contributed by atoms with Gasteiger partial charge in [0.15, 0.2) is 6.61 Å². The number of pyridine rings is 1. The normalized spacial score (nSPS) is 10.5. The highest BCUT2D eigenvalue weighted by atomic mass is 16.5. The predicted molar refractivity (Wildman–Crippen MR) is 81.5 cm³/mol. The number of likely N-dealkylation sites (N-methyl/N-ethyl adjacent to an activating group) is 1. The number of fused-ring (bicyclic) bond motifs is 1. The van der Waals surface area contributed by atoms with E-state index in [0.29, 0.717) is 11.3 Å². The van der Waals surface area contributed by atoms with Crippen LogP contribution in [0.25, 0.3) is 10.9 Å². The van der Waals surface area contributed by atoms with E-state index in [1.54, 1.807) is 0 Å². The van der Waals surface area contributed by atoms with Crippen molar-refractivity contribution in [1.29, 1.82) is 0 Å². The maximum atomic E-state index is 12.3. The van der Waals surface area contributed by atoms with Gasteiger partial charge in [0.25, 0.3) is 5.91 Å². The molecule has 0 radical (unpaired) electrons. The van der Waals surface area contributed by atoms with Gasteiger partial charge >= 0.3 is 5.97 Å². The number of rotatable bonds is 5. The molecule has 1 aromatic carbocycles. The number of hydrogen-bond donors (Lipinski definition) is 1. The van der Waals surface area contributed by atoms with E-state index in [-0.39, 0.29) is 19.1 Å². The molecule has 22 heavy (non-hydrogen) atoms. The van der Waals surface area contributed by atoms with Gasteiger partial charge in [-0.2, -0.15) is 0 Å². The fourth-order valence-corrected chi connectivity index (χ4v) is 2.23. The molecule has 0 bridgehead atoms. The Balaban J connectivity index is 2.45. The molecule has 1 aromatic heterocycles. The quantitative estimate of drug-likeness (QED) is 0.849. The smallest absolute Gasteiger partial charge is 0.340 e. The van der Waals surface area contributed by atoms with E-state index in [1.165, 1.54) is 14.2 Å². The molecule has 0 spiro atoms. The van der Waals surface area contributed by atoms with Crippen LogP contribution in [0.15, 0.2) is 24.3 Å². The van der Waals surface area contributed by atoms with Crippen LogP contribution in [-0.4, -0.2) is 37.6 Å². The van der Waals surface area contributed by atoms with Crippen LogP contribution in [0.5, 0.6) is 0 Å². The number of esters is 1. The van der Waals surface area contributed by atoms with Crippen molar-refractivity contribution in [3.05, 3.63) is 41.1 Å². The number of ether oxygens (including phenoxy) is 2. The molecule has 1 amide bonds. The highest BCUT2D eigenvalue weighted by molar-refractivity contribution is 5.99. The molecule has 0 aliphatic heterocycles. The Kier molecular flexibility index (Phi) is 5.06. The summed E-state index contributed by atoms with van der Waals surface area (Å²) in [7, 11) is 3.02. The third-order valence-electron chi connectivity index (χ3n) is 3.33. The van der Waals surface area contributed by atoms with E-state index in [9.17, 15) is 9.59 Å². The van der Waals surface area contributed by atoms with Crippen molar-refractivity contribution in [3.8, 4) is 0 Å². The zero-order valence-corrected chi connectivity index (χ0v) is 12.8. The summed E-state index contributed by atoms with van der Waals surface area (Å²) < 4.78 is 10.2. The van der Waals surface area contributed by atoms with Gasteiger partial charge in [0.2, 0.25) is 0 Å². The van der Waals surface area contributed by atoms with E-state index in [2.05, 4.69) is 10.3 Å². The molecule has 2 rings (SSSR count). The predicted octanol–water partition coefficient (Wildman–Crippen LogP) is 1.59. The van der Waals surface area contributed by atoms with Gasteiger partial charge in [0.1, 0.15) is 0 Å². The van der Waals surface area contributed by atoms with Gasteiger partial charge in [-0.25, -0.2) is 9.78 Å². The first-order valence-electron chi connectivity index (χ1n) is 6.83. The second kappa shape index (κ2) is 7.00. The molecule has 0 atom stereocenters. The molecule has 6 heteroatoms. The maximum Gasteiger partial charge on any atom is 0.340 e. The molecule has 0 saturated carbocycles. The Bertz CT molecular complexity index is 713. The van der Waals surface area contributed by atoms with E-state index in [0.717, 1.165) is 16.5 Å². The molecule has 116 valence electrons. The number of carbonyl (C=O) groups is 2. The molecule has 0 fully saturated rings. The Labute approximate surface area is 128 Å². The molecule has 2 aromatic rings. The number of carbonyl (C=O) groups excluding carboxylic acids is 2. The van der Waals surface area contributed by atoms with Crippen molar-refractivity contribution in [1.82, 2.24) is 10.3 Å². The highest BCUT2D eigenvalue weighted by Gasteiger charge is 2.20. The summed E-state index contributed by atoms with van der Waals surface area (Å²) in [6, 6.07) is 7.53. The third kappa shape index (κ3) is 3.23. The van der Waals surface area contributed by atoms with Gasteiger partial charge in [-0.3, -0.25) is 4.79 Å². The average molecular weight is 302 g/mol. The molecular weight excluding hydrogens is 284 g/mol. The van der Waals surface area contributed by atoms with E-state index in [1.807, 2.05) is 31.2 Å². The number of hydrogen-bond acceptors (Lipinski definition) is 5. The molecule has 6 nitrogen and oxygen atoms in total. The van der Waals surface area contributed by atoms with Crippen LogP contribution in [-0.2, 0) is 20.9 Å². The summed E-state index contributed by atoms with van der Waals surface area (Å²) in [6.07, 6.45) is 0. The van der Waals surface area contributed by atoms with Crippen LogP contribution in [0.4, 0.5) is 0 Å². The SMILES string of the molecule is CNC(=O)COC(=O)c1c(COC)nc2ccccc2c1C. The van der Waals surface area contributed by atoms with Gasteiger partial charge in [0, 0.05) is 19.5 Å². The van der Waals surface area contributed by atoms with Gasteiger partial charge in [-0.15, -0.1) is 0 Å². The second-order valence-electron chi connectivity index (χ2n) is 4.76. The van der Waals surface area contributed by atoms with Crippen LogP contribution in [0.2, 0.25) is 0 Å². The molecular formula is C16H18N2O4. The average Bonchev–Trinajstić information content (AvgIpc) is 2.53. The summed E-state index contributed by atoms with van der Waals surface area (Å²) in [5.74, 6) is -0.945. The molecule has 0 saturated heterocycles. The Morgan fingerprint density at radius 1 is 1.27 bits per heavy atom. The van der Waals surface area contributed by atoms with Crippen LogP contribution in [0, 0.1) is 6.92 Å². The van der Waals surface area contributed by atoms with Crippen molar-refractivity contribution in [2.75, 3.05) is 20.8 Å². The number of nitrogens with zero attached hydrogens (tertiary/aromatic N) is 1. The zero-order chi connectivity index (χ0) is 16.1. The highest BCUT2D eigenvalue weighted by Crippen LogP contribution is 2.24. The molecule has 0 aliphatic rings. The first-order chi connectivity index (χ1) is 10.6. The number of methoxy groups -OCH3 is 1. The van der Waals surface area contributed by atoms with Crippen molar-refractivity contribution >= 4 is 22.8 Å². The summed E-state index contributed by atoms with van der Waals surface area (Å²) >= 11 is 0. The van der Waals surface area contributed by atoms with Crippen LogP contribution in [0.1, 0.15) is 21.6 Å². The minimum atomic E-state index is -0.577. The lowest BCUT2D eigenvalue weighted by Crippen LogP contribution is -2.26. The topological polar surface area (TPSA) is 77.5 Å². The number of aryl methyl sites for hydroxylation is 1. The Morgan fingerprint density at radius 3 is 2.68 bits per heavy atom. The lowest BCUT2D eigenvalue weighted by molar-refractivity contribution is -0.123. The van der Waals surface area contributed by atoms with Crippen molar-refractivity contribution in [3.63, 3.8) is 0 Å². The summed E-state index contributed by atoms with van der Waals surface area (Å²) in [5, 5.41) is 3.27. The van der Waals surface area contributed by atoms with E-state index < -0.39 is 5.97 Å². The fourth-order valence-electron chi connectivity index (χ4n) is 2.23. The van der Waals surface area contributed by atoms with E-state index in [4.69, 9.17) is 9.47 Å². The maximum absolute atomic E-state index is 12.3. The standard InChI is InChI=1S/C16H18N2O4/c1-10-11-6-4-5-7-12(11)18-13(8-21-3)15(10)16(20)22-9-14(19)17-2/h4-7H,8-9H2,1-3H3,(H,17,19). The van der Waals surface area contributed by atoms with Crippen LogP contribution < -0.4 is 5.32 Å². The van der Waals surface area contributed by atoms with Crippen LogP contribution in [0.3, 0.4) is 0 Å². The Morgan fingerprint density at radius 2 is 2.00 bits per heavy atom. The Hall–Kier alpha value is -2.47. The first-order valence-corrected chi connectivity index (χ1v) is 6.83. The zero-order valence-electron chi connectivity index (χ0n) is 12.8. The number of benzene rings is 1. The van der Waals surface area contributed by atoms with Crippen molar-refractivity contribution in [2.24, 2.45) is 0 Å². The number of para-hydroxylation sites is 1. The number of amides is 1. The van der Waals surface area contributed by atoms with Crippen molar-refractivity contribution in [2.45, 2.75) is 13.5 Å². The summed E-state index contributed by atoms with van der Waals surface area (Å²) in [4.78, 5) is 28.0. The number of aromatic nitrogens is 1. The third-order valence-corrected chi connectivity index (χ3v) is 3.33. The lowest BCUT2D eigenvalue weighted by Gasteiger charge is -2.13. The minimum Gasteiger partial charge on any atom is -0.452 e. The van der Waals surface area contributed by atoms with Crippen molar-refractivity contribution < 1.29 is 19.1 Å². The molecule has 1 heterocycles. The lowest BCUT2D eigenvalue weighted by atomic mass is 10.0. The van der Waals surface area contributed by atoms with Gasteiger partial charge in [-0.1, -0.05) is 18.2 Å². The van der Waals surface area contributed by atoms with E-state index >= 15 is 0 Å². The molecule has 0 aliphatic carbocycles. The molecule has 0 unspecified atom stereocenters. The first kappa shape index (κ1) is 15.9. The largest absolute Gasteiger partial charge is 0.452 e. The monoisotopic (exact) mass is 302 g/mol. The summed E-state index contributed by atoms with van der Waals surface area (Å²) in [5.41, 5.74) is 2.40. The summed E-state index contributed by atoms with van der Waals surface area (Å²) in [6.45, 7) is 1.70.